The molecule has 0 aliphatic carbocycles. The van der Waals surface area contributed by atoms with Crippen LogP contribution in [0.5, 0.6) is 0 Å². The number of aromatic nitrogens is 3. The highest BCUT2D eigenvalue weighted by Crippen LogP contribution is 2.22. The largest absolute Gasteiger partial charge is 0.310 e. The lowest BCUT2D eigenvalue weighted by molar-refractivity contribution is -0.115. The Morgan fingerprint density at radius 2 is 1.96 bits per heavy atom. The van der Waals surface area contributed by atoms with Crippen molar-refractivity contribution in [2.75, 3.05) is 5.32 Å². The minimum absolute atomic E-state index is 0.0720. The molecule has 0 aliphatic rings. The number of hydrogen-bond acceptors (Lipinski definition) is 3. The van der Waals surface area contributed by atoms with Crippen LogP contribution in [-0.4, -0.2) is 20.7 Å². The highest BCUT2D eigenvalue weighted by molar-refractivity contribution is 5.91. The van der Waals surface area contributed by atoms with Gasteiger partial charge in [0.2, 0.25) is 5.91 Å². The van der Waals surface area contributed by atoms with E-state index >= 15 is 0 Å². The molecular formula is C18H18N4O. The summed E-state index contributed by atoms with van der Waals surface area (Å²) in [6.07, 6.45) is 4.08. The summed E-state index contributed by atoms with van der Waals surface area (Å²) in [6.45, 7) is 1.93. The van der Waals surface area contributed by atoms with E-state index in [4.69, 9.17) is 0 Å². The van der Waals surface area contributed by atoms with Crippen LogP contribution >= 0.6 is 0 Å². The minimum atomic E-state index is -0.0720. The number of carbonyl (C=O) groups is 1. The van der Waals surface area contributed by atoms with E-state index in [9.17, 15) is 4.79 Å². The first-order valence-electron chi connectivity index (χ1n) is 7.42. The first-order valence-corrected chi connectivity index (χ1v) is 7.42. The second-order valence-electron chi connectivity index (χ2n) is 5.44. The number of anilines is 1. The quantitative estimate of drug-likeness (QED) is 0.806. The molecule has 0 spiro atoms. The van der Waals surface area contributed by atoms with Gasteiger partial charge in [0.25, 0.3) is 0 Å². The lowest BCUT2D eigenvalue weighted by Gasteiger charge is -2.08. The van der Waals surface area contributed by atoms with Gasteiger partial charge in [0, 0.05) is 30.1 Å². The Morgan fingerprint density at radius 1 is 1.17 bits per heavy atom. The molecule has 3 rings (SSSR count). The van der Waals surface area contributed by atoms with Gasteiger partial charge in [-0.3, -0.25) is 9.48 Å². The van der Waals surface area contributed by atoms with Crippen LogP contribution in [-0.2, 0) is 18.3 Å². The summed E-state index contributed by atoms with van der Waals surface area (Å²) in [4.78, 5) is 16.6. The van der Waals surface area contributed by atoms with Crippen molar-refractivity contribution >= 4 is 11.7 Å². The van der Waals surface area contributed by atoms with Crippen LogP contribution in [0.3, 0.4) is 0 Å². The molecule has 116 valence electrons. The molecule has 0 saturated carbocycles. The summed E-state index contributed by atoms with van der Waals surface area (Å²) in [5.41, 5.74) is 3.86. The van der Waals surface area contributed by atoms with E-state index in [0.29, 0.717) is 12.2 Å². The number of amides is 1. The zero-order valence-electron chi connectivity index (χ0n) is 13.2. The molecule has 0 atom stereocenters. The van der Waals surface area contributed by atoms with Crippen LogP contribution in [0.15, 0.2) is 54.9 Å². The number of pyridine rings is 1. The number of aryl methyl sites for hydroxylation is 2. The van der Waals surface area contributed by atoms with Gasteiger partial charge in [-0.25, -0.2) is 4.98 Å². The summed E-state index contributed by atoms with van der Waals surface area (Å²) in [7, 11) is 1.88. The highest BCUT2D eigenvalue weighted by Gasteiger charge is 2.09. The second kappa shape index (κ2) is 6.44. The first-order chi connectivity index (χ1) is 11.1. The molecule has 0 aliphatic heterocycles. The van der Waals surface area contributed by atoms with Crippen LogP contribution in [0, 0.1) is 6.92 Å². The topological polar surface area (TPSA) is 59.8 Å². The third-order valence-electron chi connectivity index (χ3n) is 3.58. The van der Waals surface area contributed by atoms with Crippen molar-refractivity contribution in [1.82, 2.24) is 14.8 Å². The maximum Gasteiger partial charge on any atom is 0.229 e. The van der Waals surface area contributed by atoms with E-state index in [1.165, 1.54) is 0 Å². The molecular weight excluding hydrogens is 288 g/mol. The summed E-state index contributed by atoms with van der Waals surface area (Å²) < 4.78 is 1.75. The summed E-state index contributed by atoms with van der Waals surface area (Å²) in [5, 5.41) is 7.02. The van der Waals surface area contributed by atoms with Crippen molar-refractivity contribution < 1.29 is 4.79 Å². The Kier molecular flexibility index (Phi) is 4.19. The summed E-state index contributed by atoms with van der Waals surface area (Å²) >= 11 is 0. The zero-order chi connectivity index (χ0) is 16.2. The van der Waals surface area contributed by atoms with Crippen molar-refractivity contribution in [2.24, 2.45) is 7.05 Å². The van der Waals surface area contributed by atoms with Crippen LogP contribution in [0.4, 0.5) is 5.82 Å². The molecule has 2 heterocycles. The average Bonchev–Trinajstić information content (AvgIpc) is 2.94. The van der Waals surface area contributed by atoms with Gasteiger partial charge < -0.3 is 5.32 Å². The van der Waals surface area contributed by atoms with Gasteiger partial charge in [0.15, 0.2) is 0 Å². The molecule has 0 saturated heterocycles. The fraction of sp³-hybridized carbons (Fsp3) is 0.167. The smallest absolute Gasteiger partial charge is 0.229 e. The van der Waals surface area contributed by atoms with Gasteiger partial charge in [0.1, 0.15) is 5.82 Å². The van der Waals surface area contributed by atoms with E-state index in [0.717, 1.165) is 22.4 Å². The van der Waals surface area contributed by atoms with Gasteiger partial charge in [-0.05, 0) is 24.6 Å². The van der Waals surface area contributed by atoms with Crippen molar-refractivity contribution in [3.8, 4) is 11.1 Å². The molecule has 5 heteroatoms. The Labute approximate surface area is 135 Å². The van der Waals surface area contributed by atoms with Gasteiger partial charge in [-0.15, -0.1) is 0 Å². The van der Waals surface area contributed by atoms with E-state index in [2.05, 4.69) is 15.4 Å². The van der Waals surface area contributed by atoms with Crippen molar-refractivity contribution in [1.29, 1.82) is 0 Å². The summed E-state index contributed by atoms with van der Waals surface area (Å²) in [5.74, 6) is 0.494. The number of nitrogens with one attached hydrogen (secondary N) is 1. The minimum Gasteiger partial charge on any atom is -0.310 e. The third-order valence-corrected chi connectivity index (χ3v) is 3.58. The average molecular weight is 306 g/mol. The van der Waals surface area contributed by atoms with Crippen LogP contribution in [0.1, 0.15) is 11.3 Å². The molecule has 0 radical (unpaired) electrons. The molecule has 0 bridgehead atoms. The molecule has 23 heavy (non-hydrogen) atoms. The number of carbonyl (C=O) groups excluding carboxylic acids is 1. The SMILES string of the molecule is Cc1nc(NC(=O)Cc2ccccc2)ccc1-c1cnn(C)c1. The maximum atomic E-state index is 12.1. The molecule has 1 aromatic carbocycles. The Balaban J connectivity index is 1.72. The first kappa shape index (κ1) is 15.0. The van der Waals surface area contributed by atoms with Gasteiger partial charge >= 0.3 is 0 Å². The van der Waals surface area contributed by atoms with Crippen LogP contribution in [0.25, 0.3) is 11.1 Å². The van der Waals surface area contributed by atoms with Gasteiger partial charge in [-0.2, -0.15) is 5.10 Å². The number of nitrogens with zero attached hydrogens (tertiary/aromatic N) is 3. The molecule has 2 aromatic heterocycles. The normalized spacial score (nSPS) is 10.5. The van der Waals surface area contributed by atoms with E-state index in [-0.39, 0.29) is 5.91 Å². The summed E-state index contributed by atoms with van der Waals surface area (Å²) in [6, 6.07) is 13.4. The number of hydrogen-bond donors (Lipinski definition) is 1. The lowest BCUT2D eigenvalue weighted by Crippen LogP contribution is -2.15. The predicted molar refractivity (Wildman–Crippen MR) is 90.0 cm³/mol. The Hall–Kier alpha value is -2.95. The standard InChI is InChI=1S/C18H18N4O/c1-13-16(15-11-19-22(2)12-15)8-9-17(20-13)21-18(23)10-14-6-4-3-5-7-14/h3-9,11-12H,10H2,1-2H3,(H,20,21,23). The van der Waals surface area contributed by atoms with E-state index in [1.54, 1.807) is 10.9 Å². The predicted octanol–water partition coefficient (Wildman–Crippen LogP) is 2.97. The van der Waals surface area contributed by atoms with E-state index < -0.39 is 0 Å². The van der Waals surface area contributed by atoms with Crippen molar-refractivity contribution in [3.05, 3.63) is 66.1 Å². The van der Waals surface area contributed by atoms with Crippen LogP contribution < -0.4 is 5.32 Å². The monoisotopic (exact) mass is 306 g/mol. The number of rotatable bonds is 4. The number of benzene rings is 1. The molecule has 0 unspecified atom stereocenters. The van der Waals surface area contributed by atoms with Crippen LogP contribution in [0.2, 0.25) is 0 Å². The zero-order valence-corrected chi connectivity index (χ0v) is 13.2. The molecule has 5 nitrogen and oxygen atoms in total. The van der Waals surface area contributed by atoms with Crippen molar-refractivity contribution in [2.45, 2.75) is 13.3 Å². The molecule has 1 N–H and O–H groups in total. The third kappa shape index (κ3) is 3.63. The van der Waals surface area contributed by atoms with Crippen molar-refractivity contribution in [3.63, 3.8) is 0 Å². The van der Waals surface area contributed by atoms with E-state index in [1.807, 2.05) is 62.6 Å². The molecule has 0 fully saturated rings. The highest BCUT2D eigenvalue weighted by atomic mass is 16.1. The fourth-order valence-corrected chi connectivity index (χ4v) is 2.46. The van der Waals surface area contributed by atoms with Gasteiger partial charge in [0.05, 0.1) is 12.6 Å². The molecule has 1 amide bonds. The second-order valence-corrected chi connectivity index (χ2v) is 5.44. The Morgan fingerprint density at radius 3 is 2.61 bits per heavy atom. The molecule has 3 aromatic rings. The maximum absolute atomic E-state index is 12.1. The lowest BCUT2D eigenvalue weighted by atomic mass is 10.1. The fourth-order valence-electron chi connectivity index (χ4n) is 2.46. The van der Waals surface area contributed by atoms with Gasteiger partial charge in [-0.1, -0.05) is 30.3 Å². The Bertz CT molecular complexity index is 824.